The lowest BCUT2D eigenvalue weighted by Crippen LogP contribution is -2.28. The maximum absolute atomic E-state index is 12.9. The predicted octanol–water partition coefficient (Wildman–Crippen LogP) is 3.72. The van der Waals surface area contributed by atoms with Crippen molar-refractivity contribution in [2.75, 3.05) is 25.0 Å². The van der Waals surface area contributed by atoms with Gasteiger partial charge in [-0.3, -0.25) is 4.79 Å². The van der Waals surface area contributed by atoms with E-state index in [4.69, 9.17) is 9.97 Å². The predicted molar refractivity (Wildman–Crippen MR) is 116 cm³/mol. The van der Waals surface area contributed by atoms with E-state index in [0.717, 1.165) is 61.5 Å². The Balaban J connectivity index is 1.43. The van der Waals surface area contributed by atoms with E-state index >= 15 is 0 Å². The van der Waals surface area contributed by atoms with Crippen LogP contribution in [-0.4, -0.2) is 40.6 Å². The van der Waals surface area contributed by atoms with Gasteiger partial charge in [0.25, 0.3) is 5.91 Å². The summed E-state index contributed by atoms with van der Waals surface area (Å²) in [6.45, 7) is 4.40. The Hall–Kier alpha value is -2.89. The summed E-state index contributed by atoms with van der Waals surface area (Å²) in [5.74, 6) is 1.00. The van der Waals surface area contributed by atoms with Crippen LogP contribution >= 0.6 is 0 Å². The second-order valence-corrected chi connectivity index (χ2v) is 7.84. The van der Waals surface area contributed by atoms with Gasteiger partial charge in [-0.15, -0.1) is 0 Å². The minimum absolute atomic E-state index is 0.0591. The fraction of sp³-hybridized carbons (Fsp3) is 0.435. The number of carbonyl (C=O) groups is 1. The smallest absolute Gasteiger partial charge is 0.253 e. The highest BCUT2D eigenvalue weighted by Gasteiger charge is 2.20. The molecule has 0 radical (unpaired) electrons. The molecule has 0 unspecified atom stereocenters. The van der Waals surface area contributed by atoms with Crippen molar-refractivity contribution in [3.05, 3.63) is 53.5 Å². The zero-order chi connectivity index (χ0) is 20.2. The molecule has 2 aromatic heterocycles. The number of aryl methyl sites for hydroxylation is 3. The van der Waals surface area contributed by atoms with Gasteiger partial charge >= 0.3 is 0 Å². The number of hydrogen-bond donors (Lipinski definition) is 1. The van der Waals surface area contributed by atoms with Crippen molar-refractivity contribution in [2.45, 2.75) is 45.6 Å². The molecule has 3 aromatic rings. The number of nitrogens with one attached hydrogen (secondary N) is 1. The molecule has 1 aromatic carbocycles. The molecule has 1 N–H and O–H groups in total. The van der Waals surface area contributed by atoms with E-state index < -0.39 is 0 Å². The van der Waals surface area contributed by atoms with Gasteiger partial charge in [-0.05, 0) is 44.4 Å². The molecule has 4 rings (SSSR count). The SMILES string of the molecule is Cc1cc(C(=O)NCCCN(C)c2ccccc2)c2nc3n(c2n1)CCCCC3. The molecule has 29 heavy (non-hydrogen) atoms. The Kier molecular flexibility index (Phi) is 5.79. The molecular formula is C23H29N5O. The summed E-state index contributed by atoms with van der Waals surface area (Å²) in [6, 6.07) is 12.1. The van der Waals surface area contributed by atoms with Crippen LogP contribution in [0.15, 0.2) is 36.4 Å². The lowest BCUT2D eigenvalue weighted by molar-refractivity contribution is 0.0954. The molecule has 1 amide bonds. The van der Waals surface area contributed by atoms with Crippen LogP contribution in [0.1, 0.15) is 47.6 Å². The zero-order valence-electron chi connectivity index (χ0n) is 17.3. The molecule has 0 saturated heterocycles. The maximum atomic E-state index is 12.9. The number of carbonyl (C=O) groups excluding carboxylic acids is 1. The minimum Gasteiger partial charge on any atom is -0.375 e. The van der Waals surface area contributed by atoms with E-state index in [-0.39, 0.29) is 5.91 Å². The number of hydrogen-bond acceptors (Lipinski definition) is 4. The lowest BCUT2D eigenvalue weighted by atomic mass is 10.2. The van der Waals surface area contributed by atoms with E-state index in [9.17, 15) is 4.79 Å². The van der Waals surface area contributed by atoms with Gasteiger partial charge in [0.05, 0.1) is 5.56 Å². The van der Waals surface area contributed by atoms with Gasteiger partial charge < -0.3 is 14.8 Å². The van der Waals surface area contributed by atoms with E-state index in [0.29, 0.717) is 12.1 Å². The van der Waals surface area contributed by atoms with Crippen LogP contribution in [0.4, 0.5) is 5.69 Å². The van der Waals surface area contributed by atoms with Crippen LogP contribution < -0.4 is 10.2 Å². The van der Waals surface area contributed by atoms with Crippen molar-refractivity contribution >= 4 is 22.8 Å². The monoisotopic (exact) mass is 391 g/mol. The average Bonchev–Trinajstić information content (AvgIpc) is 2.92. The molecule has 152 valence electrons. The first kappa shape index (κ1) is 19.4. The highest BCUT2D eigenvalue weighted by atomic mass is 16.1. The van der Waals surface area contributed by atoms with Crippen molar-refractivity contribution < 1.29 is 4.79 Å². The molecule has 1 aliphatic rings. The standard InChI is InChI=1S/C23H29N5O/c1-17-16-19(21-22(25-17)28-15-8-4-7-12-20(28)26-21)23(29)24-13-9-14-27(2)18-10-5-3-6-11-18/h3,5-6,10-11,16H,4,7-9,12-15H2,1-2H3,(H,24,29). The average molecular weight is 392 g/mol. The van der Waals surface area contributed by atoms with Crippen LogP contribution in [0.25, 0.3) is 11.2 Å². The second kappa shape index (κ2) is 8.64. The number of nitrogens with zero attached hydrogens (tertiary/aromatic N) is 4. The van der Waals surface area contributed by atoms with Gasteiger partial charge in [-0.1, -0.05) is 24.6 Å². The lowest BCUT2D eigenvalue weighted by Gasteiger charge is -2.19. The normalized spacial score (nSPS) is 13.7. The van der Waals surface area contributed by atoms with Crippen molar-refractivity contribution in [2.24, 2.45) is 0 Å². The summed E-state index contributed by atoms with van der Waals surface area (Å²) in [6.07, 6.45) is 5.36. The topological polar surface area (TPSA) is 63.1 Å². The molecule has 0 atom stereocenters. The molecule has 0 aliphatic carbocycles. The number of aromatic nitrogens is 3. The van der Waals surface area contributed by atoms with Crippen LogP contribution in [0.2, 0.25) is 0 Å². The second-order valence-electron chi connectivity index (χ2n) is 7.84. The summed E-state index contributed by atoms with van der Waals surface area (Å²) >= 11 is 0. The van der Waals surface area contributed by atoms with Gasteiger partial charge in [-0.2, -0.15) is 0 Å². The maximum Gasteiger partial charge on any atom is 0.253 e. The molecule has 1 aliphatic heterocycles. The minimum atomic E-state index is -0.0591. The Morgan fingerprint density at radius 1 is 1.17 bits per heavy atom. The number of pyridine rings is 1. The van der Waals surface area contributed by atoms with E-state index in [1.54, 1.807) is 0 Å². The Bertz CT molecular complexity index is 995. The molecule has 0 spiro atoms. The number of benzene rings is 1. The number of amides is 1. The van der Waals surface area contributed by atoms with Gasteiger partial charge in [0.1, 0.15) is 11.3 Å². The third-order valence-corrected chi connectivity index (χ3v) is 5.59. The summed E-state index contributed by atoms with van der Waals surface area (Å²) < 4.78 is 2.21. The summed E-state index contributed by atoms with van der Waals surface area (Å²) in [5, 5.41) is 3.08. The third-order valence-electron chi connectivity index (χ3n) is 5.59. The molecule has 0 fully saturated rings. The van der Waals surface area contributed by atoms with Gasteiger partial charge in [0.2, 0.25) is 0 Å². The zero-order valence-corrected chi connectivity index (χ0v) is 17.3. The number of para-hydroxylation sites is 1. The Labute approximate surface area is 172 Å². The molecule has 3 heterocycles. The van der Waals surface area contributed by atoms with Gasteiger partial charge in [-0.25, -0.2) is 9.97 Å². The number of imidazole rings is 1. The highest BCUT2D eigenvalue weighted by molar-refractivity contribution is 6.04. The highest BCUT2D eigenvalue weighted by Crippen LogP contribution is 2.24. The van der Waals surface area contributed by atoms with Crippen LogP contribution in [-0.2, 0) is 13.0 Å². The van der Waals surface area contributed by atoms with Crippen molar-refractivity contribution in [3.63, 3.8) is 0 Å². The summed E-state index contributed by atoms with van der Waals surface area (Å²) in [5.41, 5.74) is 4.29. The quantitative estimate of drug-likeness (QED) is 0.651. The first-order valence-corrected chi connectivity index (χ1v) is 10.5. The molecule has 0 bridgehead atoms. The van der Waals surface area contributed by atoms with Crippen molar-refractivity contribution in [1.82, 2.24) is 19.9 Å². The van der Waals surface area contributed by atoms with E-state index in [1.807, 2.05) is 31.2 Å². The van der Waals surface area contributed by atoms with E-state index in [2.05, 4.69) is 34.0 Å². The van der Waals surface area contributed by atoms with E-state index in [1.165, 1.54) is 12.1 Å². The first-order chi connectivity index (χ1) is 14.1. The molecule has 6 heteroatoms. The summed E-state index contributed by atoms with van der Waals surface area (Å²) in [7, 11) is 2.07. The van der Waals surface area contributed by atoms with Crippen LogP contribution in [0.3, 0.4) is 0 Å². The largest absolute Gasteiger partial charge is 0.375 e. The van der Waals surface area contributed by atoms with Crippen LogP contribution in [0.5, 0.6) is 0 Å². The Morgan fingerprint density at radius 2 is 2.00 bits per heavy atom. The summed E-state index contributed by atoms with van der Waals surface area (Å²) in [4.78, 5) is 24.6. The Morgan fingerprint density at radius 3 is 2.83 bits per heavy atom. The fourth-order valence-electron chi connectivity index (χ4n) is 4.01. The van der Waals surface area contributed by atoms with Crippen LogP contribution in [0, 0.1) is 6.92 Å². The van der Waals surface area contributed by atoms with Crippen molar-refractivity contribution in [1.29, 1.82) is 0 Å². The number of fused-ring (bicyclic) bond motifs is 3. The van der Waals surface area contributed by atoms with Gasteiger partial charge in [0, 0.05) is 44.5 Å². The fourth-order valence-corrected chi connectivity index (χ4v) is 4.01. The van der Waals surface area contributed by atoms with Gasteiger partial charge in [0.15, 0.2) is 5.65 Å². The first-order valence-electron chi connectivity index (χ1n) is 10.5. The van der Waals surface area contributed by atoms with Crippen molar-refractivity contribution in [3.8, 4) is 0 Å². The number of rotatable bonds is 6. The molecule has 0 saturated carbocycles. The number of anilines is 1. The molecular weight excluding hydrogens is 362 g/mol. The molecule has 6 nitrogen and oxygen atoms in total. The third kappa shape index (κ3) is 4.26.